The minimum atomic E-state index is 0.213. The van der Waals surface area contributed by atoms with Crippen molar-refractivity contribution < 1.29 is 0 Å². The zero-order chi connectivity index (χ0) is 15.5. The smallest absolute Gasteiger partial charge is 0.00105 e. The molecule has 1 rings (SSSR count). The maximum absolute atomic E-state index is 5.86. The third kappa shape index (κ3) is 4.63. The first-order chi connectivity index (χ1) is 9.12. The molecule has 0 saturated heterocycles. The van der Waals surface area contributed by atoms with Gasteiger partial charge in [-0.3, -0.25) is 0 Å². The van der Waals surface area contributed by atoms with Crippen LogP contribution in [-0.2, 0) is 11.8 Å². The number of nitrogens with two attached hydrogens (primary N) is 1. The average molecular weight is 275 g/mol. The first-order valence-corrected chi connectivity index (χ1v) is 8.02. The molecule has 0 heterocycles. The summed E-state index contributed by atoms with van der Waals surface area (Å²) >= 11 is 0. The summed E-state index contributed by atoms with van der Waals surface area (Å²) in [5.74, 6) is 0.587. The van der Waals surface area contributed by atoms with Crippen LogP contribution < -0.4 is 5.73 Å². The molecule has 1 nitrogen and oxygen atoms in total. The van der Waals surface area contributed by atoms with Gasteiger partial charge in [0.1, 0.15) is 0 Å². The third-order valence-electron chi connectivity index (χ3n) is 4.06. The summed E-state index contributed by atoms with van der Waals surface area (Å²) in [5, 5.41) is 0. The average Bonchev–Trinajstić information content (AvgIpc) is 2.28. The maximum atomic E-state index is 5.86. The van der Waals surface area contributed by atoms with Crippen LogP contribution in [0, 0.1) is 6.92 Å². The van der Waals surface area contributed by atoms with Gasteiger partial charge in [0.25, 0.3) is 0 Å². The van der Waals surface area contributed by atoms with Gasteiger partial charge in [-0.1, -0.05) is 46.8 Å². The van der Waals surface area contributed by atoms with E-state index in [2.05, 4.69) is 60.6 Å². The Balaban J connectivity index is 3.10. The molecule has 20 heavy (non-hydrogen) atoms. The molecule has 0 fully saturated rings. The van der Waals surface area contributed by atoms with E-state index in [4.69, 9.17) is 5.73 Å². The Kier molecular flexibility index (Phi) is 5.82. The number of benzene rings is 1. The van der Waals surface area contributed by atoms with E-state index in [0.29, 0.717) is 12.0 Å². The van der Waals surface area contributed by atoms with Crippen LogP contribution in [0.2, 0.25) is 0 Å². The van der Waals surface area contributed by atoms with Crippen LogP contribution in [0.3, 0.4) is 0 Å². The van der Waals surface area contributed by atoms with Crippen LogP contribution in [0.25, 0.3) is 0 Å². The van der Waals surface area contributed by atoms with Crippen molar-refractivity contribution in [3.8, 4) is 0 Å². The molecule has 0 saturated carbocycles. The molecule has 0 aliphatic heterocycles. The van der Waals surface area contributed by atoms with Crippen molar-refractivity contribution in [3.63, 3.8) is 0 Å². The second-order valence-corrected chi connectivity index (χ2v) is 7.63. The predicted molar refractivity (Wildman–Crippen MR) is 90.6 cm³/mol. The topological polar surface area (TPSA) is 26.0 Å². The van der Waals surface area contributed by atoms with E-state index in [0.717, 1.165) is 12.8 Å². The van der Waals surface area contributed by atoms with Crippen molar-refractivity contribution in [2.75, 3.05) is 0 Å². The molecule has 0 radical (unpaired) electrons. The lowest BCUT2D eigenvalue weighted by atomic mass is 9.79. The maximum Gasteiger partial charge on any atom is 0.00105 e. The highest BCUT2D eigenvalue weighted by molar-refractivity contribution is 5.43. The molecular formula is C19H33N. The first-order valence-electron chi connectivity index (χ1n) is 8.02. The van der Waals surface area contributed by atoms with E-state index >= 15 is 0 Å². The monoisotopic (exact) mass is 275 g/mol. The zero-order valence-corrected chi connectivity index (χ0v) is 14.5. The summed E-state index contributed by atoms with van der Waals surface area (Å²) in [4.78, 5) is 0. The Morgan fingerprint density at radius 2 is 1.70 bits per heavy atom. The standard InChI is InChI=1S/C19H33N/c1-13(2)17-11-16(10-8-9-14(3)20)12-18(15(17)4)19(5,6)7/h11-14H,8-10,20H2,1-7H3/t14-/m0/s1. The minimum Gasteiger partial charge on any atom is -0.328 e. The normalized spacial score (nSPS) is 13.8. The molecule has 0 aliphatic carbocycles. The highest BCUT2D eigenvalue weighted by Gasteiger charge is 2.20. The molecule has 1 atom stereocenters. The molecule has 0 aromatic heterocycles. The highest BCUT2D eigenvalue weighted by Crippen LogP contribution is 2.32. The predicted octanol–water partition coefficient (Wildman–Crippen LogP) is 5.09. The number of hydrogen-bond donors (Lipinski definition) is 1. The Labute approximate surface area is 126 Å². The van der Waals surface area contributed by atoms with E-state index in [9.17, 15) is 0 Å². The molecule has 1 heteroatoms. The Morgan fingerprint density at radius 1 is 1.10 bits per heavy atom. The quantitative estimate of drug-likeness (QED) is 0.796. The molecule has 0 unspecified atom stereocenters. The molecule has 0 aliphatic rings. The SMILES string of the molecule is Cc1c(C(C)C)cc(CCC[C@H](C)N)cc1C(C)(C)C. The van der Waals surface area contributed by atoms with Gasteiger partial charge in [0.15, 0.2) is 0 Å². The fraction of sp³-hybridized carbons (Fsp3) is 0.684. The van der Waals surface area contributed by atoms with Gasteiger partial charge in [0.2, 0.25) is 0 Å². The van der Waals surface area contributed by atoms with Gasteiger partial charge in [0, 0.05) is 6.04 Å². The largest absolute Gasteiger partial charge is 0.328 e. The van der Waals surface area contributed by atoms with Crippen molar-refractivity contribution in [1.29, 1.82) is 0 Å². The van der Waals surface area contributed by atoms with Gasteiger partial charge < -0.3 is 5.73 Å². The Bertz CT molecular complexity index is 436. The summed E-state index contributed by atoms with van der Waals surface area (Å²) < 4.78 is 0. The molecule has 2 N–H and O–H groups in total. The van der Waals surface area contributed by atoms with Crippen LogP contribution in [0.5, 0.6) is 0 Å². The highest BCUT2D eigenvalue weighted by atomic mass is 14.6. The second-order valence-electron chi connectivity index (χ2n) is 7.63. The molecule has 0 bridgehead atoms. The Hall–Kier alpha value is -0.820. The minimum absolute atomic E-state index is 0.213. The van der Waals surface area contributed by atoms with Crippen LogP contribution >= 0.6 is 0 Å². The number of rotatable bonds is 5. The fourth-order valence-electron chi connectivity index (χ4n) is 2.95. The molecular weight excluding hydrogens is 242 g/mol. The van der Waals surface area contributed by atoms with Crippen LogP contribution in [0.15, 0.2) is 12.1 Å². The van der Waals surface area contributed by atoms with Crippen molar-refractivity contribution in [2.24, 2.45) is 5.73 Å². The van der Waals surface area contributed by atoms with E-state index in [1.165, 1.54) is 28.7 Å². The second kappa shape index (κ2) is 6.76. The van der Waals surface area contributed by atoms with E-state index in [1.807, 2.05) is 0 Å². The van der Waals surface area contributed by atoms with Crippen molar-refractivity contribution in [3.05, 3.63) is 34.4 Å². The lowest BCUT2D eigenvalue weighted by Crippen LogP contribution is -2.16. The van der Waals surface area contributed by atoms with Gasteiger partial charge >= 0.3 is 0 Å². The number of aryl methyl sites for hydroxylation is 1. The van der Waals surface area contributed by atoms with Crippen molar-refractivity contribution >= 4 is 0 Å². The third-order valence-corrected chi connectivity index (χ3v) is 4.06. The van der Waals surface area contributed by atoms with Crippen molar-refractivity contribution in [2.45, 2.75) is 85.1 Å². The summed E-state index contributed by atoms with van der Waals surface area (Å²) in [5.41, 5.74) is 12.0. The summed E-state index contributed by atoms with van der Waals surface area (Å²) in [6.45, 7) is 15.9. The Morgan fingerprint density at radius 3 is 2.15 bits per heavy atom. The summed E-state index contributed by atoms with van der Waals surface area (Å²) in [7, 11) is 0. The van der Waals surface area contributed by atoms with Gasteiger partial charge in [-0.2, -0.15) is 0 Å². The molecule has 114 valence electrons. The van der Waals surface area contributed by atoms with Crippen LogP contribution in [0.4, 0.5) is 0 Å². The van der Waals surface area contributed by atoms with Crippen LogP contribution in [0.1, 0.15) is 82.6 Å². The summed E-state index contributed by atoms with van der Waals surface area (Å²) in [6.07, 6.45) is 3.43. The fourth-order valence-corrected chi connectivity index (χ4v) is 2.95. The van der Waals surface area contributed by atoms with Crippen molar-refractivity contribution in [1.82, 2.24) is 0 Å². The van der Waals surface area contributed by atoms with E-state index in [-0.39, 0.29) is 5.41 Å². The van der Waals surface area contributed by atoms with Crippen LogP contribution in [-0.4, -0.2) is 6.04 Å². The molecule has 1 aromatic carbocycles. The van der Waals surface area contributed by atoms with Gasteiger partial charge in [0.05, 0.1) is 0 Å². The molecule has 1 aromatic rings. The summed E-state index contributed by atoms with van der Waals surface area (Å²) in [6, 6.07) is 5.14. The van der Waals surface area contributed by atoms with Gasteiger partial charge in [-0.15, -0.1) is 0 Å². The van der Waals surface area contributed by atoms with Gasteiger partial charge in [-0.05, 0) is 66.7 Å². The molecule has 0 spiro atoms. The lowest BCUT2D eigenvalue weighted by Gasteiger charge is -2.26. The lowest BCUT2D eigenvalue weighted by molar-refractivity contribution is 0.580. The first kappa shape index (κ1) is 17.2. The van der Waals surface area contributed by atoms with Gasteiger partial charge in [-0.25, -0.2) is 0 Å². The zero-order valence-electron chi connectivity index (χ0n) is 14.5. The number of hydrogen-bond acceptors (Lipinski definition) is 1. The van der Waals surface area contributed by atoms with E-state index < -0.39 is 0 Å². The van der Waals surface area contributed by atoms with E-state index in [1.54, 1.807) is 0 Å². The molecule has 0 amide bonds.